The second kappa shape index (κ2) is 11.9. The summed E-state index contributed by atoms with van der Waals surface area (Å²) in [5, 5.41) is 0. The maximum absolute atomic E-state index is 13.5. The first-order valence-electron chi connectivity index (χ1n) is 11.9. The quantitative estimate of drug-likeness (QED) is 0.559. The minimum absolute atomic E-state index is 0.0791. The van der Waals surface area contributed by atoms with Crippen molar-refractivity contribution in [2.45, 2.75) is 25.6 Å². The van der Waals surface area contributed by atoms with Crippen LogP contribution >= 0.6 is 0 Å². The molecule has 2 aromatic rings. The van der Waals surface area contributed by atoms with Crippen molar-refractivity contribution in [1.82, 2.24) is 14.8 Å². The molecule has 3 heterocycles. The van der Waals surface area contributed by atoms with E-state index >= 15 is 0 Å². The van der Waals surface area contributed by atoms with Crippen molar-refractivity contribution in [3.05, 3.63) is 65.5 Å². The molecular formula is C26H31N3O6. The summed E-state index contributed by atoms with van der Waals surface area (Å²) in [6.07, 6.45) is 4.84. The molecule has 2 aliphatic rings. The highest BCUT2D eigenvalue weighted by Crippen LogP contribution is 2.21. The van der Waals surface area contributed by atoms with Gasteiger partial charge < -0.3 is 24.0 Å². The third-order valence-electron chi connectivity index (χ3n) is 6.40. The Morgan fingerprint density at radius 3 is 2.57 bits per heavy atom. The summed E-state index contributed by atoms with van der Waals surface area (Å²) in [7, 11) is 1.27. The van der Waals surface area contributed by atoms with Crippen LogP contribution in [-0.2, 0) is 25.6 Å². The van der Waals surface area contributed by atoms with Crippen LogP contribution in [0.1, 0.15) is 39.1 Å². The van der Waals surface area contributed by atoms with Crippen LogP contribution in [0.25, 0.3) is 0 Å². The number of methoxy groups -OCH3 is 1. The highest BCUT2D eigenvalue weighted by Gasteiger charge is 2.34. The minimum Gasteiger partial charge on any atom is -0.465 e. The van der Waals surface area contributed by atoms with E-state index in [0.29, 0.717) is 38.8 Å². The van der Waals surface area contributed by atoms with E-state index in [2.05, 4.69) is 4.98 Å². The molecule has 0 saturated carbocycles. The summed E-state index contributed by atoms with van der Waals surface area (Å²) in [5.41, 5.74) is 1.28. The molecule has 2 aliphatic heterocycles. The fourth-order valence-electron chi connectivity index (χ4n) is 4.48. The second-order valence-corrected chi connectivity index (χ2v) is 8.87. The predicted molar refractivity (Wildman–Crippen MR) is 127 cm³/mol. The van der Waals surface area contributed by atoms with Gasteiger partial charge in [0, 0.05) is 45.2 Å². The van der Waals surface area contributed by atoms with E-state index in [1.807, 2.05) is 17.0 Å². The highest BCUT2D eigenvalue weighted by molar-refractivity contribution is 6.06. The SMILES string of the molecule is COC(=O)c1ccccc1C(=O)N1CC(=O)N(CC2CCOCC2)C[C@@H](OCc2cccnc2)C1. The summed E-state index contributed by atoms with van der Waals surface area (Å²) >= 11 is 0. The number of benzene rings is 1. The second-order valence-electron chi connectivity index (χ2n) is 8.87. The number of ether oxygens (including phenoxy) is 3. The topological polar surface area (TPSA) is 98.3 Å². The maximum atomic E-state index is 13.5. The van der Waals surface area contributed by atoms with Gasteiger partial charge in [-0.2, -0.15) is 0 Å². The van der Waals surface area contributed by atoms with Crippen molar-refractivity contribution in [3.63, 3.8) is 0 Å². The molecule has 1 aromatic heterocycles. The zero-order valence-corrected chi connectivity index (χ0v) is 19.9. The van der Waals surface area contributed by atoms with Crippen molar-refractivity contribution < 1.29 is 28.6 Å². The Bertz CT molecular complexity index is 1020. The maximum Gasteiger partial charge on any atom is 0.338 e. The Labute approximate surface area is 205 Å². The molecule has 186 valence electrons. The first-order chi connectivity index (χ1) is 17.0. The van der Waals surface area contributed by atoms with E-state index in [0.717, 1.165) is 18.4 Å². The fourth-order valence-corrected chi connectivity index (χ4v) is 4.48. The van der Waals surface area contributed by atoms with Crippen molar-refractivity contribution in [2.75, 3.05) is 46.5 Å². The first-order valence-corrected chi connectivity index (χ1v) is 11.9. The molecule has 35 heavy (non-hydrogen) atoms. The van der Waals surface area contributed by atoms with Gasteiger partial charge in [-0.1, -0.05) is 18.2 Å². The molecule has 9 heteroatoms. The Balaban J connectivity index is 1.54. The number of hydrogen-bond donors (Lipinski definition) is 0. The molecule has 1 atom stereocenters. The average Bonchev–Trinajstić information content (AvgIpc) is 3.06. The number of esters is 1. The number of hydrogen-bond acceptors (Lipinski definition) is 7. The highest BCUT2D eigenvalue weighted by atomic mass is 16.5. The molecule has 4 rings (SSSR count). The van der Waals surface area contributed by atoms with Gasteiger partial charge >= 0.3 is 5.97 Å². The summed E-state index contributed by atoms with van der Waals surface area (Å²) in [6.45, 7) is 2.85. The van der Waals surface area contributed by atoms with Gasteiger partial charge in [0.15, 0.2) is 0 Å². The summed E-state index contributed by atoms with van der Waals surface area (Å²) in [6, 6.07) is 10.2. The fraction of sp³-hybridized carbons (Fsp3) is 0.462. The van der Waals surface area contributed by atoms with E-state index in [9.17, 15) is 14.4 Å². The number of rotatable bonds is 7. The van der Waals surface area contributed by atoms with Crippen LogP contribution in [0.4, 0.5) is 0 Å². The Morgan fingerprint density at radius 1 is 1.09 bits per heavy atom. The molecule has 0 N–H and O–H groups in total. The predicted octanol–water partition coefficient (Wildman–Crippen LogP) is 2.16. The lowest BCUT2D eigenvalue weighted by molar-refractivity contribution is -0.132. The average molecular weight is 482 g/mol. The van der Waals surface area contributed by atoms with E-state index in [1.54, 1.807) is 36.7 Å². The number of amides is 2. The standard InChI is InChI=1S/C26H31N3O6/c1-33-26(32)23-7-3-2-6-22(23)25(31)29-16-21(35-18-20-5-4-10-27-13-20)15-28(24(30)17-29)14-19-8-11-34-12-9-19/h2-7,10,13,19,21H,8-9,11-12,14-18H2,1H3/t21-/m1/s1. The zero-order valence-electron chi connectivity index (χ0n) is 19.9. The Morgan fingerprint density at radius 2 is 1.86 bits per heavy atom. The first kappa shape index (κ1) is 24.8. The molecule has 0 bridgehead atoms. The van der Waals surface area contributed by atoms with Crippen LogP contribution in [-0.4, -0.2) is 85.2 Å². The Hall–Kier alpha value is -3.30. The zero-order chi connectivity index (χ0) is 24.6. The molecule has 0 radical (unpaired) electrons. The lowest BCUT2D eigenvalue weighted by Gasteiger charge is -2.30. The summed E-state index contributed by atoms with van der Waals surface area (Å²) in [5.74, 6) is -0.773. The van der Waals surface area contributed by atoms with E-state index in [4.69, 9.17) is 14.2 Å². The van der Waals surface area contributed by atoms with Gasteiger partial charge in [0.1, 0.15) is 6.54 Å². The monoisotopic (exact) mass is 481 g/mol. The van der Waals surface area contributed by atoms with Gasteiger partial charge in [0.25, 0.3) is 5.91 Å². The molecule has 0 unspecified atom stereocenters. The molecular weight excluding hydrogens is 450 g/mol. The van der Waals surface area contributed by atoms with Gasteiger partial charge in [-0.25, -0.2) is 4.79 Å². The van der Waals surface area contributed by atoms with Gasteiger partial charge in [0.05, 0.1) is 30.9 Å². The number of aromatic nitrogens is 1. The number of pyridine rings is 1. The molecule has 0 spiro atoms. The lowest BCUT2D eigenvalue weighted by Crippen LogP contribution is -2.42. The number of nitrogens with zero attached hydrogens (tertiary/aromatic N) is 3. The van der Waals surface area contributed by atoms with Crippen molar-refractivity contribution >= 4 is 17.8 Å². The van der Waals surface area contributed by atoms with Crippen LogP contribution in [0, 0.1) is 5.92 Å². The van der Waals surface area contributed by atoms with Crippen molar-refractivity contribution in [1.29, 1.82) is 0 Å². The molecule has 1 aromatic carbocycles. The van der Waals surface area contributed by atoms with Gasteiger partial charge in [0.2, 0.25) is 5.91 Å². The molecule has 2 saturated heterocycles. The smallest absolute Gasteiger partial charge is 0.338 e. The van der Waals surface area contributed by atoms with Gasteiger partial charge in [-0.05, 0) is 42.5 Å². The molecule has 2 fully saturated rings. The largest absolute Gasteiger partial charge is 0.465 e. The van der Waals surface area contributed by atoms with Crippen LogP contribution in [0.5, 0.6) is 0 Å². The van der Waals surface area contributed by atoms with Crippen molar-refractivity contribution in [2.24, 2.45) is 5.92 Å². The van der Waals surface area contributed by atoms with E-state index in [-0.39, 0.29) is 30.1 Å². The normalized spacial score (nSPS) is 19.3. The van der Waals surface area contributed by atoms with Crippen LogP contribution in [0.2, 0.25) is 0 Å². The van der Waals surface area contributed by atoms with Gasteiger partial charge in [-0.15, -0.1) is 0 Å². The summed E-state index contributed by atoms with van der Waals surface area (Å²) in [4.78, 5) is 46.4. The molecule has 2 amide bonds. The van der Waals surface area contributed by atoms with E-state index in [1.165, 1.54) is 12.0 Å². The minimum atomic E-state index is -0.597. The number of carbonyl (C=O) groups is 3. The summed E-state index contributed by atoms with van der Waals surface area (Å²) < 4.78 is 16.5. The third-order valence-corrected chi connectivity index (χ3v) is 6.40. The van der Waals surface area contributed by atoms with Crippen LogP contribution in [0.15, 0.2) is 48.8 Å². The van der Waals surface area contributed by atoms with Gasteiger partial charge in [-0.3, -0.25) is 14.6 Å². The number of carbonyl (C=O) groups excluding carboxylic acids is 3. The third kappa shape index (κ3) is 6.43. The lowest BCUT2D eigenvalue weighted by atomic mass is 9.99. The molecule has 9 nitrogen and oxygen atoms in total. The van der Waals surface area contributed by atoms with Crippen LogP contribution < -0.4 is 0 Å². The van der Waals surface area contributed by atoms with Crippen LogP contribution in [0.3, 0.4) is 0 Å². The van der Waals surface area contributed by atoms with E-state index < -0.39 is 18.0 Å². The van der Waals surface area contributed by atoms with Crippen molar-refractivity contribution in [3.8, 4) is 0 Å². The Kier molecular flexibility index (Phi) is 8.44. The molecule has 0 aliphatic carbocycles.